The summed E-state index contributed by atoms with van der Waals surface area (Å²) >= 11 is 5.98. The van der Waals surface area contributed by atoms with Crippen LogP contribution in [-0.2, 0) is 16.1 Å². The molecule has 0 spiro atoms. The third-order valence-electron chi connectivity index (χ3n) is 3.40. The van der Waals surface area contributed by atoms with Gasteiger partial charge in [0.2, 0.25) is 0 Å². The zero-order chi connectivity index (χ0) is 17.7. The maximum Gasteiger partial charge on any atom is 0.333 e. The van der Waals surface area contributed by atoms with Gasteiger partial charge in [0.1, 0.15) is 5.75 Å². The van der Waals surface area contributed by atoms with E-state index in [2.05, 4.69) is 5.10 Å². The largest absolute Gasteiger partial charge is 0.508 e. The number of allylic oxidation sites excluding steroid dienone is 1. The first-order valence-corrected chi connectivity index (χ1v) is 7.76. The van der Waals surface area contributed by atoms with Gasteiger partial charge in [0.25, 0.3) is 0 Å². The summed E-state index contributed by atoms with van der Waals surface area (Å²) in [5.74, 6) is -0.230. The van der Waals surface area contributed by atoms with E-state index in [9.17, 15) is 9.90 Å². The monoisotopic (exact) mass is 346 g/mol. The van der Waals surface area contributed by atoms with E-state index in [0.29, 0.717) is 22.7 Å². The van der Waals surface area contributed by atoms with Crippen LogP contribution in [0.3, 0.4) is 0 Å². The Morgan fingerprint density at radius 1 is 1.46 bits per heavy atom. The highest BCUT2D eigenvalue weighted by Crippen LogP contribution is 2.23. The lowest BCUT2D eigenvalue weighted by molar-refractivity contribution is -0.135. The number of methoxy groups -OCH3 is 1. The third kappa shape index (κ3) is 4.26. The van der Waals surface area contributed by atoms with Crippen LogP contribution >= 0.6 is 11.6 Å². The summed E-state index contributed by atoms with van der Waals surface area (Å²) < 4.78 is 6.41. The van der Waals surface area contributed by atoms with Crippen LogP contribution in [-0.4, -0.2) is 28.0 Å². The van der Waals surface area contributed by atoms with Crippen LogP contribution in [0.25, 0.3) is 12.2 Å². The van der Waals surface area contributed by atoms with E-state index in [1.165, 1.54) is 7.11 Å². The molecule has 0 aliphatic carbocycles. The SMILES string of the molecule is C/C=C\c1nn(Cc2cc(Cl)ccc2O)cc1/C=C(\C)C(=O)OC. The Hall–Kier alpha value is -2.53. The lowest BCUT2D eigenvalue weighted by Gasteiger charge is -2.05. The molecule has 0 aliphatic heterocycles. The van der Waals surface area contributed by atoms with E-state index in [0.717, 1.165) is 11.3 Å². The molecule has 1 aromatic carbocycles. The van der Waals surface area contributed by atoms with Crippen LogP contribution in [0.5, 0.6) is 5.75 Å². The van der Waals surface area contributed by atoms with Crippen LogP contribution in [0, 0.1) is 0 Å². The highest BCUT2D eigenvalue weighted by Gasteiger charge is 2.10. The number of hydrogen-bond acceptors (Lipinski definition) is 4. The molecule has 0 fully saturated rings. The Kier molecular flexibility index (Phi) is 5.82. The van der Waals surface area contributed by atoms with Crippen LogP contribution < -0.4 is 0 Å². The summed E-state index contributed by atoms with van der Waals surface area (Å²) in [6.07, 6.45) is 7.25. The van der Waals surface area contributed by atoms with E-state index >= 15 is 0 Å². The second kappa shape index (κ2) is 7.84. The third-order valence-corrected chi connectivity index (χ3v) is 3.63. The molecule has 0 saturated heterocycles. The van der Waals surface area contributed by atoms with Crippen molar-refractivity contribution in [2.75, 3.05) is 7.11 Å². The summed E-state index contributed by atoms with van der Waals surface area (Å²) in [5.41, 5.74) is 2.66. The fourth-order valence-corrected chi connectivity index (χ4v) is 2.43. The van der Waals surface area contributed by atoms with Gasteiger partial charge in [0.15, 0.2) is 0 Å². The Morgan fingerprint density at radius 3 is 2.88 bits per heavy atom. The average molecular weight is 347 g/mol. The molecule has 0 atom stereocenters. The van der Waals surface area contributed by atoms with Gasteiger partial charge in [-0.1, -0.05) is 17.7 Å². The summed E-state index contributed by atoms with van der Waals surface area (Å²) in [6, 6.07) is 4.88. The lowest BCUT2D eigenvalue weighted by Crippen LogP contribution is -2.01. The van der Waals surface area contributed by atoms with Crippen molar-refractivity contribution in [1.29, 1.82) is 0 Å². The number of nitrogens with zero attached hydrogens (tertiary/aromatic N) is 2. The molecule has 0 aliphatic rings. The zero-order valence-electron chi connectivity index (χ0n) is 13.8. The smallest absolute Gasteiger partial charge is 0.333 e. The molecule has 126 valence electrons. The van der Waals surface area contributed by atoms with Crippen LogP contribution in [0.1, 0.15) is 30.7 Å². The summed E-state index contributed by atoms with van der Waals surface area (Å²) in [7, 11) is 1.35. The minimum absolute atomic E-state index is 0.158. The molecule has 6 heteroatoms. The fraction of sp³-hybridized carbons (Fsp3) is 0.222. The minimum atomic E-state index is -0.387. The molecular formula is C18H19ClN2O3. The highest BCUT2D eigenvalue weighted by atomic mass is 35.5. The standard InChI is InChI=1S/C18H19ClN2O3/c1-4-5-16-13(8-12(2)18(23)24-3)10-21(20-16)11-14-9-15(19)6-7-17(14)22/h4-10,22H,11H2,1-3H3/b5-4-,12-8+. The van der Waals surface area contributed by atoms with Crippen molar-refractivity contribution < 1.29 is 14.6 Å². The molecule has 0 unspecified atom stereocenters. The summed E-state index contributed by atoms with van der Waals surface area (Å²) in [6.45, 7) is 3.94. The first-order chi connectivity index (χ1) is 11.4. The van der Waals surface area contributed by atoms with Gasteiger partial charge >= 0.3 is 5.97 Å². The van der Waals surface area contributed by atoms with Crippen LogP contribution in [0.4, 0.5) is 0 Å². The second-order valence-electron chi connectivity index (χ2n) is 5.26. The van der Waals surface area contributed by atoms with Gasteiger partial charge in [0, 0.05) is 27.9 Å². The van der Waals surface area contributed by atoms with Crippen molar-refractivity contribution in [3.05, 3.63) is 57.9 Å². The molecule has 0 saturated carbocycles. The topological polar surface area (TPSA) is 64.3 Å². The molecular weight excluding hydrogens is 328 g/mol. The number of esters is 1. The number of benzene rings is 1. The Balaban J connectivity index is 2.37. The lowest BCUT2D eigenvalue weighted by atomic mass is 10.1. The predicted molar refractivity (Wildman–Crippen MR) is 94.8 cm³/mol. The highest BCUT2D eigenvalue weighted by molar-refractivity contribution is 6.30. The molecule has 24 heavy (non-hydrogen) atoms. The average Bonchev–Trinajstić information content (AvgIpc) is 2.91. The Morgan fingerprint density at radius 2 is 2.21 bits per heavy atom. The number of halogens is 1. The number of phenols is 1. The van der Waals surface area contributed by atoms with Crippen molar-refractivity contribution in [2.24, 2.45) is 0 Å². The van der Waals surface area contributed by atoms with Gasteiger partial charge in [-0.25, -0.2) is 4.79 Å². The van der Waals surface area contributed by atoms with Crippen molar-refractivity contribution in [3.63, 3.8) is 0 Å². The van der Waals surface area contributed by atoms with Crippen molar-refractivity contribution in [3.8, 4) is 5.75 Å². The first kappa shape index (κ1) is 17.8. The number of carbonyl (C=O) groups excluding carboxylic acids is 1. The summed E-state index contributed by atoms with van der Waals surface area (Å²) in [5, 5.41) is 15.0. The number of phenolic OH excluding ortho intramolecular Hbond substituents is 1. The van der Waals surface area contributed by atoms with E-state index in [4.69, 9.17) is 16.3 Å². The molecule has 0 bridgehead atoms. The molecule has 1 N–H and O–H groups in total. The number of hydrogen-bond donors (Lipinski definition) is 1. The van der Waals surface area contributed by atoms with Gasteiger partial charge in [-0.05, 0) is 44.2 Å². The van der Waals surface area contributed by atoms with Crippen molar-refractivity contribution >= 4 is 29.7 Å². The molecule has 1 aromatic heterocycles. The van der Waals surface area contributed by atoms with Gasteiger partial charge in [-0.15, -0.1) is 0 Å². The molecule has 0 radical (unpaired) electrons. The molecule has 1 heterocycles. The maximum absolute atomic E-state index is 11.6. The van der Waals surface area contributed by atoms with Crippen molar-refractivity contribution in [2.45, 2.75) is 20.4 Å². The number of rotatable bonds is 5. The normalized spacial score (nSPS) is 11.9. The number of aromatic hydroxyl groups is 1. The van der Waals surface area contributed by atoms with Crippen LogP contribution in [0.15, 0.2) is 36.0 Å². The van der Waals surface area contributed by atoms with E-state index in [-0.39, 0.29) is 11.7 Å². The van der Waals surface area contributed by atoms with E-state index in [1.54, 1.807) is 35.9 Å². The summed E-state index contributed by atoms with van der Waals surface area (Å²) in [4.78, 5) is 11.6. The molecule has 0 amide bonds. The minimum Gasteiger partial charge on any atom is -0.508 e. The van der Waals surface area contributed by atoms with Gasteiger partial charge in [-0.2, -0.15) is 5.10 Å². The number of ether oxygens (including phenoxy) is 1. The van der Waals surface area contributed by atoms with Gasteiger partial charge < -0.3 is 9.84 Å². The number of aromatic nitrogens is 2. The predicted octanol–water partition coefficient (Wildman–Crippen LogP) is 3.90. The van der Waals surface area contributed by atoms with Gasteiger partial charge in [-0.3, -0.25) is 4.68 Å². The second-order valence-corrected chi connectivity index (χ2v) is 5.70. The zero-order valence-corrected chi connectivity index (χ0v) is 14.5. The van der Waals surface area contributed by atoms with Crippen molar-refractivity contribution in [1.82, 2.24) is 9.78 Å². The quantitative estimate of drug-likeness (QED) is 0.658. The Bertz CT molecular complexity index is 807. The number of carbonyl (C=O) groups is 1. The van der Waals surface area contributed by atoms with E-state index < -0.39 is 0 Å². The fourth-order valence-electron chi connectivity index (χ4n) is 2.24. The first-order valence-electron chi connectivity index (χ1n) is 7.38. The maximum atomic E-state index is 11.6. The van der Waals surface area contributed by atoms with Gasteiger partial charge in [0.05, 0.1) is 19.3 Å². The Labute approximate surface area is 145 Å². The molecule has 5 nitrogen and oxygen atoms in total. The van der Waals surface area contributed by atoms with E-state index in [1.807, 2.05) is 25.3 Å². The molecule has 2 aromatic rings. The van der Waals surface area contributed by atoms with Crippen LogP contribution in [0.2, 0.25) is 5.02 Å². The molecule has 2 rings (SSSR count).